The molecule has 1 aliphatic heterocycles. The molecule has 9 heteroatoms. The highest BCUT2D eigenvalue weighted by Gasteiger charge is 2.38. The Morgan fingerprint density at radius 2 is 2.06 bits per heavy atom. The minimum absolute atomic E-state index is 0.0769. The summed E-state index contributed by atoms with van der Waals surface area (Å²) < 4.78 is 15.9. The SMILES string of the molecule is CC[C@@H](C)[C@@H](NC(=O)N1CCc2[nH]cnc2[C@@H]1c1cc(OC)ccc1OC)C(=O)OC. The maximum absolute atomic E-state index is 13.4. The van der Waals surface area contributed by atoms with Crippen LogP contribution in [0.25, 0.3) is 0 Å². The first-order valence-electron chi connectivity index (χ1n) is 10.3. The van der Waals surface area contributed by atoms with Crippen molar-refractivity contribution in [3.8, 4) is 11.5 Å². The zero-order valence-corrected chi connectivity index (χ0v) is 18.6. The van der Waals surface area contributed by atoms with Crippen LogP contribution in [0.1, 0.15) is 43.3 Å². The Balaban J connectivity index is 2.01. The largest absolute Gasteiger partial charge is 0.497 e. The molecule has 3 atom stereocenters. The fourth-order valence-corrected chi connectivity index (χ4v) is 3.88. The van der Waals surface area contributed by atoms with Crippen LogP contribution in [0.4, 0.5) is 4.79 Å². The number of urea groups is 1. The second kappa shape index (κ2) is 9.72. The molecule has 3 rings (SSSR count). The average Bonchev–Trinajstić information content (AvgIpc) is 3.29. The molecule has 2 aromatic rings. The van der Waals surface area contributed by atoms with Crippen molar-refractivity contribution in [1.29, 1.82) is 0 Å². The maximum Gasteiger partial charge on any atom is 0.328 e. The summed E-state index contributed by atoms with van der Waals surface area (Å²) in [6, 6.07) is 3.85. The number of carbonyl (C=O) groups excluding carboxylic acids is 2. The van der Waals surface area contributed by atoms with Crippen molar-refractivity contribution in [2.24, 2.45) is 5.92 Å². The number of nitrogens with zero attached hydrogens (tertiary/aromatic N) is 2. The Morgan fingerprint density at radius 1 is 1.29 bits per heavy atom. The molecule has 0 aliphatic carbocycles. The summed E-state index contributed by atoms with van der Waals surface area (Å²) in [5, 5.41) is 2.88. The molecule has 0 bridgehead atoms. The van der Waals surface area contributed by atoms with Gasteiger partial charge in [-0.1, -0.05) is 20.3 Å². The van der Waals surface area contributed by atoms with Crippen LogP contribution in [0.3, 0.4) is 0 Å². The molecule has 1 aliphatic rings. The number of methoxy groups -OCH3 is 3. The van der Waals surface area contributed by atoms with Crippen molar-refractivity contribution in [2.75, 3.05) is 27.9 Å². The number of benzene rings is 1. The first-order valence-corrected chi connectivity index (χ1v) is 10.3. The van der Waals surface area contributed by atoms with Gasteiger partial charge in [0, 0.05) is 24.2 Å². The smallest absolute Gasteiger partial charge is 0.328 e. The second-order valence-electron chi connectivity index (χ2n) is 7.56. The number of aromatic nitrogens is 2. The predicted octanol–water partition coefficient (Wildman–Crippen LogP) is 2.67. The Labute approximate surface area is 182 Å². The van der Waals surface area contributed by atoms with Crippen LogP contribution in [0.5, 0.6) is 11.5 Å². The number of carbonyl (C=O) groups is 2. The number of imidazole rings is 1. The van der Waals surface area contributed by atoms with Crippen molar-refractivity contribution in [2.45, 2.75) is 38.8 Å². The first kappa shape index (κ1) is 22.5. The van der Waals surface area contributed by atoms with E-state index >= 15 is 0 Å². The van der Waals surface area contributed by atoms with Crippen LogP contribution in [0, 0.1) is 5.92 Å². The van der Waals surface area contributed by atoms with Gasteiger partial charge in [0.1, 0.15) is 23.6 Å². The molecule has 0 radical (unpaired) electrons. The molecule has 9 nitrogen and oxygen atoms in total. The third kappa shape index (κ3) is 4.45. The number of rotatable bonds is 7. The average molecular weight is 431 g/mol. The first-order chi connectivity index (χ1) is 14.9. The van der Waals surface area contributed by atoms with E-state index in [2.05, 4.69) is 15.3 Å². The lowest BCUT2D eigenvalue weighted by atomic mass is 9.94. The molecular weight excluding hydrogens is 400 g/mol. The van der Waals surface area contributed by atoms with E-state index in [0.717, 1.165) is 23.4 Å². The van der Waals surface area contributed by atoms with Gasteiger partial charge >= 0.3 is 12.0 Å². The molecule has 0 saturated heterocycles. The molecule has 2 amide bonds. The molecule has 31 heavy (non-hydrogen) atoms. The second-order valence-corrected chi connectivity index (χ2v) is 7.56. The van der Waals surface area contributed by atoms with Gasteiger partial charge in [-0.3, -0.25) is 0 Å². The van der Waals surface area contributed by atoms with E-state index in [1.807, 2.05) is 26.0 Å². The van der Waals surface area contributed by atoms with Gasteiger partial charge in [-0.05, 0) is 24.1 Å². The van der Waals surface area contributed by atoms with Gasteiger partial charge in [-0.2, -0.15) is 0 Å². The van der Waals surface area contributed by atoms with E-state index in [1.165, 1.54) is 7.11 Å². The Hall–Kier alpha value is -3.23. The molecule has 0 fully saturated rings. The van der Waals surface area contributed by atoms with E-state index in [1.54, 1.807) is 31.5 Å². The topological polar surface area (TPSA) is 106 Å². The lowest BCUT2D eigenvalue weighted by Gasteiger charge is -2.37. The van der Waals surface area contributed by atoms with Crippen LogP contribution in [-0.2, 0) is 16.0 Å². The molecule has 2 heterocycles. The van der Waals surface area contributed by atoms with E-state index in [-0.39, 0.29) is 11.9 Å². The summed E-state index contributed by atoms with van der Waals surface area (Å²) in [5.41, 5.74) is 2.46. The van der Waals surface area contributed by atoms with E-state index < -0.39 is 18.1 Å². The number of amides is 2. The molecule has 1 aromatic heterocycles. The zero-order chi connectivity index (χ0) is 22.5. The minimum Gasteiger partial charge on any atom is -0.497 e. The lowest BCUT2D eigenvalue weighted by molar-refractivity contribution is -0.144. The number of nitrogens with one attached hydrogen (secondary N) is 2. The number of H-pyrrole nitrogens is 1. The third-order valence-electron chi connectivity index (χ3n) is 5.86. The summed E-state index contributed by atoms with van der Waals surface area (Å²) in [7, 11) is 4.49. The highest BCUT2D eigenvalue weighted by molar-refractivity contribution is 5.84. The van der Waals surface area contributed by atoms with Crippen molar-refractivity contribution in [3.05, 3.63) is 41.5 Å². The van der Waals surface area contributed by atoms with E-state index in [9.17, 15) is 9.59 Å². The monoisotopic (exact) mass is 430 g/mol. The van der Waals surface area contributed by atoms with Gasteiger partial charge < -0.3 is 29.4 Å². The third-order valence-corrected chi connectivity index (χ3v) is 5.86. The standard InChI is InChI=1S/C22H30N4O5/c1-6-13(2)18(21(27)31-5)25-22(28)26-10-9-16-19(24-12-23-16)20(26)15-11-14(29-3)7-8-17(15)30-4/h7-8,11-13,18,20H,6,9-10H2,1-5H3,(H,23,24)(H,25,28)/t13-,18-,20+/m1/s1. The van der Waals surface area contributed by atoms with Crippen molar-refractivity contribution in [1.82, 2.24) is 20.2 Å². The van der Waals surface area contributed by atoms with Crippen LogP contribution in [0.2, 0.25) is 0 Å². The van der Waals surface area contributed by atoms with Gasteiger partial charge in [-0.25, -0.2) is 14.6 Å². The summed E-state index contributed by atoms with van der Waals surface area (Å²) in [5.74, 6) is 0.722. The summed E-state index contributed by atoms with van der Waals surface area (Å²) in [6.45, 7) is 4.32. The maximum atomic E-state index is 13.4. The number of fused-ring (bicyclic) bond motifs is 1. The Kier molecular flexibility index (Phi) is 7.04. The van der Waals surface area contributed by atoms with Crippen molar-refractivity contribution >= 4 is 12.0 Å². The molecule has 0 saturated carbocycles. The van der Waals surface area contributed by atoms with Crippen LogP contribution in [0.15, 0.2) is 24.5 Å². The highest BCUT2D eigenvalue weighted by atomic mass is 16.5. The van der Waals surface area contributed by atoms with E-state index in [4.69, 9.17) is 14.2 Å². The van der Waals surface area contributed by atoms with E-state index in [0.29, 0.717) is 24.5 Å². The van der Waals surface area contributed by atoms with Crippen molar-refractivity contribution in [3.63, 3.8) is 0 Å². The summed E-state index contributed by atoms with van der Waals surface area (Å²) >= 11 is 0. The normalized spacial score (nSPS) is 17.3. The molecule has 2 N–H and O–H groups in total. The fraction of sp³-hybridized carbons (Fsp3) is 0.500. The number of aromatic amines is 1. The molecule has 0 spiro atoms. The number of ether oxygens (including phenoxy) is 3. The van der Waals surface area contributed by atoms with Gasteiger partial charge in [0.2, 0.25) is 0 Å². The van der Waals surface area contributed by atoms with Crippen LogP contribution in [-0.4, -0.2) is 60.8 Å². The number of hydrogen-bond acceptors (Lipinski definition) is 6. The molecule has 168 valence electrons. The fourth-order valence-electron chi connectivity index (χ4n) is 3.88. The van der Waals surface area contributed by atoms with Crippen molar-refractivity contribution < 1.29 is 23.8 Å². The zero-order valence-electron chi connectivity index (χ0n) is 18.6. The summed E-state index contributed by atoms with van der Waals surface area (Å²) in [4.78, 5) is 35.1. The molecular formula is C22H30N4O5. The number of hydrogen-bond donors (Lipinski definition) is 2. The Morgan fingerprint density at radius 3 is 2.71 bits per heavy atom. The lowest BCUT2D eigenvalue weighted by Crippen LogP contribution is -2.53. The van der Waals surface area contributed by atoms with Gasteiger partial charge in [0.15, 0.2) is 0 Å². The van der Waals surface area contributed by atoms with Gasteiger partial charge in [-0.15, -0.1) is 0 Å². The molecule has 1 aromatic carbocycles. The summed E-state index contributed by atoms with van der Waals surface area (Å²) in [6.07, 6.45) is 2.97. The molecule has 0 unspecified atom stereocenters. The minimum atomic E-state index is -0.740. The predicted molar refractivity (Wildman–Crippen MR) is 114 cm³/mol. The van der Waals surface area contributed by atoms with Gasteiger partial charge in [0.05, 0.1) is 33.4 Å². The van der Waals surface area contributed by atoms with Crippen LogP contribution < -0.4 is 14.8 Å². The van der Waals surface area contributed by atoms with Crippen LogP contribution >= 0.6 is 0 Å². The van der Waals surface area contributed by atoms with Gasteiger partial charge in [0.25, 0.3) is 0 Å². The quantitative estimate of drug-likeness (QED) is 0.654. The number of esters is 1. The Bertz CT molecular complexity index is 928. The highest BCUT2D eigenvalue weighted by Crippen LogP contribution is 2.39.